The molecule has 5 heteroatoms. The lowest BCUT2D eigenvalue weighted by atomic mass is 10.1. The molecule has 0 spiro atoms. The van der Waals surface area contributed by atoms with Gasteiger partial charge in [0.25, 0.3) is 0 Å². The molecule has 0 aromatic carbocycles. The molecule has 1 unspecified atom stereocenters. The van der Waals surface area contributed by atoms with Gasteiger partial charge in [-0.2, -0.15) is 0 Å². The normalized spacial score (nSPS) is 20.7. The summed E-state index contributed by atoms with van der Waals surface area (Å²) in [5.74, 6) is 0. The highest BCUT2D eigenvalue weighted by Gasteiger charge is 2.24. The van der Waals surface area contributed by atoms with Gasteiger partial charge in [0.05, 0.1) is 17.2 Å². The molecule has 0 amide bonds. The number of aliphatic hydroxyl groups is 1. The van der Waals surface area contributed by atoms with Gasteiger partial charge in [-0.1, -0.05) is 24.7 Å². The van der Waals surface area contributed by atoms with Crippen LogP contribution < -0.4 is 4.90 Å². The summed E-state index contributed by atoms with van der Waals surface area (Å²) in [5.41, 5.74) is 1.08. The molecule has 2 rings (SSSR count). The Bertz CT molecular complexity index is 407. The predicted octanol–water partition coefficient (Wildman–Crippen LogP) is 2.12. The maximum atomic E-state index is 9.44. The lowest BCUT2D eigenvalue weighted by Crippen LogP contribution is -2.45. The van der Waals surface area contributed by atoms with Gasteiger partial charge in [-0.3, -0.25) is 0 Å². The van der Waals surface area contributed by atoms with Crippen LogP contribution in [0.2, 0.25) is 0 Å². The van der Waals surface area contributed by atoms with E-state index in [0.717, 1.165) is 35.1 Å². The number of hydrogen-bond acceptors (Lipinski definition) is 5. The average molecular weight is 283 g/mol. The molecule has 1 aromatic rings. The van der Waals surface area contributed by atoms with E-state index in [-0.39, 0.29) is 6.61 Å². The molecule has 108 valence electrons. The number of rotatable bonds is 5. The number of anilines is 1. The number of aryl methyl sites for hydroxylation is 1. The zero-order valence-electron chi connectivity index (χ0n) is 12.2. The maximum Gasteiger partial charge on any atom is 0.185 e. The summed E-state index contributed by atoms with van der Waals surface area (Å²) in [6.45, 7) is 4.57. The third-order valence-electron chi connectivity index (χ3n) is 3.85. The second-order valence-corrected chi connectivity index (χ2v) is 6.51. The second kappa shape index (κ2) is 6.68. The Morgan fingerprint density at radius 1 is 1.53 bits per heavy atom. The van der Waals surface area contributed by atoms with Crippen molar-refractivity contribution in [3.63, 3.8) is 0 Å². The summed E-state index contributed by atoms with van der Waals surface area (Å²) in [5, 5.41) is 10.5. The van der Waals surface area contributed by atoms with Crippen LogP contribution >= 0.6 is 11.3 Å². The highest BCUT2D eigenvalue weighted by Crippen LogP contribution is 2.29. The number of aromatic nitrogens is 1. The maximum absolute atomic E-state index is 9.44. The summed E-state index contributed by atoms with van der Waals surface area (Å²) >= 11 is 1.65. The van der Waals surface area contributed by atoms with Crippen molar-refractivity contribution in [1.29, 1.82) is 0 Å². The van der Waals surface area contributed by atoms with Gasteiger partial charge in [-0.25, -0.2) is 4.98 Å². The Morgan fingerprint density at radius 2 is 2.32 bits per heavy atom. The number of thiazole rings is 1. The minimum Gasteiger partial charge on any atom is -0.391 e. The summed E-state index contributed by atoms with van der Waals surface area (Å²) in [6, 6.07) is 0.547. The van der Waals surface area contributed by atoms with Crippen LogP contribution in [0.3, 0.4) is 0 Å². The molecule has 1 atom stereocenters. The Balaban J connectivity index is 2.11. The van der Waals surface area contributed by atoms with Crippen molar-refractivity contribution >= 4 is 16.5 Å². The largest absolute Gasteiger partial charge is 0.391 e. The first-order valence-electron chi connectivity index (χ1n) is 7.16. The summed E-state index contributed by atoms with van der Waals surface area (Å²) in [6.07, 6.45) is 4.53. The molecule has 1 saturated heterocycles. The molecule has 1 fully saturated rings. The molecule has 0 saturated carbocycles. The molecule has 1 aliphatic heterocycles. The Morgan fingerprint density at radius 3 is 2.95 bits per heavy atom. The molecule has 1 N–H and O–H groups in total. The minimum atomic E-state index is 0.116. The van der Waals surface area contributed by atoms with Gasteiger partial charge >= 0.3 is 0 Å². The van der Waals surface area contributed by atoms with Crippen LogP contribution in [-0.2, 0) is 13.0 Å². The van der Waals surface area contributed by atoms with Crippen LogP contribution in [0.25, 0.3) is 0 Å². The van der Waals surface area contributed by atoms with Gasteiger partial charge < -0.3 is 14.9 Å². The summed E-state index contributed by atoms with van der Waals surface area (Å²) < 4.78 is 0. The Kier molecular flexibility index (Phi) is 5.19. The van der Waals surface area contributed by atoms with Crippen molar-refractivity contribution < 1.29 is 5.11 Å². The molecule has 0 bridgehead atoms. The predicted molar refractivity (Wildman–Crippen MR) is 81.0 cm³/mol. The molecular weight excluding hydrogens is 258 g/mol. The van der Waals surface area contributed by atoms with Crippen LogP contribution in [0.15, 0.2) is 0 Å². The summed E-state index contributed by atoms with van der Waals surface area (Å²) in [4.78, 5) is 10.5. The molecule has 0 aliphatic carbocycles. The first-order valence-corrected chi connectivity index (χ1v) is 7.98. The van der Waals surface area contributed by atoms with E-state index in [0.29, 0.717) is 6.04 Å². The standard InChI is InChI=1S/C14H25N3OS/c1-4-6-12-13(10-18)19-14(15-12)17(3)11-7-5-8-16(2)9-11/h11,18H,4-10H2,1-3H3. The van der Waals surface area contributed by atoms with Crippen molar-refractivity contribution in [3.8, 4) is 0 Å². The molecule has 4 nitrogen and oxygen atoms in total. The lowest BCUT2D eigenvalue weighted by Gasteiger charge is -2.35. The zero-order valence-corrected chi connectivity index (χ0v) is 13.0. The van der Waals surface area contributed by atoms with Gasteiger partial charge in [0, 0.05) is 19.6 Å². The van der Waals surface area contributed by atoms with E-state index in [1.807, 2.05) is 0 Å². The van der Waals surface area contributed by atoms with Gasteiger partial charge in [0.1, 0.15) is 0 Å². The third-order valence-corrected chi connectivity index (χ3v) is 5.02. The van der Waals surface area contributed by atoms with Crippen LogP contribution in [0.1, 0.15) is 36.8 Å². The zero-order chi connectivity index (χ0) is 13.8. The Labute approximate surface area is 120 Å². The quantitative estimate of drug-likeness (QED) is 0.898. The first-order chi connectivity index (χ1) is 9.15. The topological polar surface area (TPSA) is 39.6 Å². The highest BCUT2D eigenvalue weighted by atomic mass is 32.1. The number of likely N-dealkylation sites (N-methyl/N-ethyl adjacent to an activating group) is 2. The Hall–Kier alpha value is -0.650. The molecule has 19 heavy (non-hydrogen) atoms. The minimum absolute atomic E-state index is 0.116. The number of hydrogen-bond donors (Lipinski definition) is 1. The van der Waals surface area contributed by atoms with Crippen molar-refractivity contribution in [1.82, 2.24) is 9.88 Å². The second-order valence-electron chi connectivity index (χ2n) is 5.44. The smallest absolute Gasteiger partial charge is 0.185 e. The fourth-order valence-corrected chi connectivity index (χ4v) is 3.69. The van der Waals surface area contributed by atoms with Gasteiger partial charge in [-0.15, -0.1) is 0 Å². The lowest BCUT2D eigenvalue weighted by molar-refractivity contribution is 0.248. The van der Waals surface area contributed by atoms with Crippen LogP contribution in [0.5, 0.6) is 0 Å². The number of likely N-dealkylation sites (tertiary alicyclic amines) is 1. The van der Waals surface area contributed by atoms with E-state index in [2.05, 4.69) is 30.8 Å². The van der Waals surface area contributed by atoms with Gasteiger partial charge in [0.2, 0.25) is 0 Å². The first kappa shape index (κ1) is 14.8. The molecule has 0 radical (unpaired) electrons. The average Bonchev–Trinajstić information content (AvgIpc) is 2.81. The van der Waals surface area contributed by atoms with Gasteiger partial charge in [0.15, 0.2) is 5.13 Å². The molecule has 1 aliphatic rings. The SMILES string of the molecule is CCCc1nc(N(C)C2CCCN(C)C2)sc1CO. The molecule has 1 aromatic heterocycles. The van der Waals surface area contributed by atoms with Crippen molar-refractivity contribution in [2.24, 2.45) is 0 Å². The summed E-state index contributed by atoms with van der Waals surface area (Å²) in [7, 11) is 4.32. The van der Waals surface area contributed by atoms with Crippen LogP contribution in [0.4, 0.5) is 5.13 Å². The number of piperidine rings is 1. The van der Waals surface area contributed by atoms with E-state index < -0.39 is 0 Å². The van der Waals surface area contributed by atoms with Crippen molar-refractivity contribution in [3.05, 3.63) is 10.6 Å². The third kappa shape index (κ3) is 3.46. The van der Waals surface area contributed by atoms with E-state index in [1.165, 1.54) is 19.4 Å². The van der Waals surface area contributed by atoms with E-state index in [1.54, 1.807) is 11.3 Å². The number of nitrogens with zero attached hydrogens (tertiary/aromatic N) is 3. The van der Waals surface area contributed by atoms with E-state index >= 15 is 0 Å². The fraction of sp³-hybridized carbons (Fsp3) is 0.786. The van der Waals surface area contributed by atoms with Crippen LogP contribution in [0, 0.1) is 0 Å². The number of aliphatic hydroxyl groups excluding tert-OH is 1. The monoisotopic (exact) mass is 283 g/mol. The van der Waals surface area contributed by atoms with Crippen molar-refractivity contribution in [2.75, 3.05) is 32.1 Å². The molecular formula is C14H25N3OS. The molecule has 2 heterocycles. The van der Waals surface area contributed by atoms with E-state index in [4.69, 9.17) is 4.98 Å². The highest BCUT2D eigenvalue weighted by molar-refractivity contribution is 7.15. The van der Waals surface area contributed by atoms with Crippen molar-refractivity contribution in [2.45, 2.75) is 45.3 Å². The van der Waals surface area contributed by atoms with E-state index in [9.17, 15) is 5.11 Å². The fourth-order valence-electron chi connectivity index (χ4n) is 2.69. The van der Waals surface area contributed by atoms with Crippen LogP contribution in [-0.4, -0.2) is 48.2 Å². The van der Waals surface area contributed by atoms with Gasteiger partial charge in [-0.05, 0) is 32.9 Å².